The highest BCUT2D eigenvalue weighted by atomic mass is 31.2. The largest absolute Gasteiger partial charge is 0.351 e. The molecule has 0 amide bonds. The van der Waals surface area contributed by atoms with Crippen molar-refractivity contribution >= 4 is 24.2 Å². The maximum Gasteiger partial charge on any atom is 0.315 e. The average Bonchev–Trinajstić information content (AvgIpc) is 2.34. The van der Waals surface area contributed by atoms with Crippen LogP contribution in [0.5, 0.6) is 0 Å². The lowest BCUT2D eigenvalue weighted by atomic mass is 10.2. The van der Waals surface area contributed by atoms with E-state index in [1.165, 1.54) is 0 Å². The van der Waals surface area contributed by atoms with Crippen molar-refractivity contribution in [2.45, 2.75) is 84.0 Å². The van der Waals surface area contributed by atoms with Crippen LogP contribution >= 0.6 is 7.60 Å². The Kier molecular flexibility index (Phi) is 6.79. The van der Waals surface area contributed by atoms with E-state index in [2.05, 4.69) is 67.7 Å². The Morgan fingerprint density at radius 2 is 1.16 bits per heavy atom. The van der Waals surface area contributed by atoms with Crippen LogP contribution in [-0.4, -0.2) is 16.6 Å². The zero-order valence-electron chi connectivity index (χ0n) is 17.8. The second-order valence-electron chi connectivity index (χ2n) is 9.96. The molecular weight excluding hydrogens is 363 g/mol. The van der Waals surface area contributed by atoms with Gasteiger partial charge in [-0.15, -0.1) is 0 Å². The van der Waals surface area contributed by atoms with Gasteiger partial charge in [0.25, 0.3) is 0 Å². The molecule has 1 aromatic carbocycles. The summed E-state index contributed by atoms with van der Waals surface area (Å²) in [4.78, 5) is 0. The summed E-state index contributed by atoms with van der Waals surface area (Å²) in [7, 11) is -7.69. The summed E-state index contributed by atoms with van der Waals surface area (Å²) >= 11 is 0. The van der Waals surface area contributed by atoms with Gasteiger partial charge in [0.2, 0.25) is 16.6 Å². The first-order valence-corrected chi connectivity index (χ1v) is 16.6. The summed E-state index contributed by atoms with van der Waals surface area (Å²) < 4.78 is 26.8. The molecule has 0 aliphatic heterocycles. The molecule has 144 valence electrons. The van der Waals surface area contributed by atoms with Crippen molar-refractivity contribution in [3.8, 4) is 0 Å². The molecule has 0 atom stereocenters. The Hall–Kier alpha value is -0.196. The molecule has 0 radical (unpaired) electrons. The van der Waals surface area contributed by atoms with Gasteiger partial charge in [-0.05, 0) is 41.8 Å². The fourth-order valence-electron chi connectivity index (χ4n) is 1.86. The molecule has 0 aliphatic carbocycles. The monoisotopic (exact) mass is 400 g/mol. The third-order valence-electron chi connectivity index (χ3n) is 5.57. The van der Waals surface area contributed by atoms with E-state index in [9.17, 15) is 4.57 Å². The minimum atomic E-state index is -3.25. The third-order valence-corrected chi connectivity index (χ3v) is 19.4. The molecule has 0 aliphatic rings. The second kappa shape index (κ2) is 7.43. The van der Waals surface area contributed by atoms with Crippen molar-refractivity contribution < 1.29 is 13.0 Å². The van der Waals surface area contributed by atoms with E-state index in [1.807, 2.05) is 30.3 Å². The van der Waals surface area contributed by atoms with Crippen molar-refractivity contribution in [2.75, 3.05) is 0 Å². The fourth-order valence-corrected chi connectivity index (χ4v) is 11.3. The van der Waals surface area contributed by atoms with Gasteiger partial charge in [-0.1, -0.05) is 71.9 Å². The minimum absolute atomic E-state index is 0.0177. The summed E-state index contributed by atoms with van der Waals surface area (Å²) in [6.45, 7) is 21.5. The van der Waals surface area contributed by atoms with Gasteiger partial charge in [0.05, 0.1) is 6.16 Å². The fraction of sp³-hybridized carbons (Fsp3) is 0.684. The van der Waals surface area contributed by atoms with Crippen LogP contribution in [0.3, 0.4) is 0 Å². The SMILES string of the molecule is CC(C)(C)[Si](C)(C)OP(=O)(Cc1ccccc1)O[Si](C)(C)C(C)(C)C. The van der Waals surface area contributed by atoms with Gasteiger partial charge in [-0.25, -0.2) is 0 Å². The van der Waals surface area contributed by atoms with Crippen LogP contribution in [0.25, 0.3) is 0 Å². The van der Waals surface area contributed by atoms with Gasteiger partial charge < -0.3 is 8.43 Å². The summed E-state index contributed by atoms with van der Waals surface area (Å²) in [5, 5.41) is -0.0354. The molecule has 0 heterocycles. The second-order valence-corrected chi connectivity index (χ2v) is 22.0. The van der Waals surface area contributed by atoms with Gasteiger partial charge in [0, 0.05) is 0 Å². The number of rotatable bonds is 6. The quantitative estimate of drug-likeness (QED) is 0.368. The van der Waals surface area contributed by atoms with Crippen LogP contribution < -0.4 is 0 Å². The highest BCUT2D eigenvalue weighted by Crippen LogP contribution is 2.60. The van der Waals surface area contributed by atoms with Gasteiger partial charge in [-0.2, -0.15) is 0 Å². The Bertz CT molecular complexity index is 582. The molecule has 0 bridgehead atoms. The molecule has 0 N–H and O–H groups in total. The zero-order chi connectivity index (χ0) is 19.7. The zero-order valence-corrected chi connectivity index (χ0v) is 20.7. The number of benzene rings is 1. The summed E-state index contributed by atoms with van der Waals surface area (Å²) in [5.41, 5.74) is 1.00. The molecule has 0 fully saturated rings. The van der Waals surface area contributed by atoms with Gasteiger partial charge in [-0.3, -0.25) is 4.57 Å². The smallest absolute Gasteiger partial charge is 0.315 e. The van der Waals surface area contributed by atoms with E-state index in [0.717, 1.165) is 5.56 Å². The summed E-state index contributed by atoms with van der Waals surface area (Å²) in [6.07, 6.45) is 0.340. The Labute approximate surface area is 157 Å². The van der Waals surface area contributed by atoms with Crippen molar-refractivity contribution in [1.29, 1.82) is 0 Å². The summed E-state index contributed by atoms with van der Waals surface area (Å²) in [6, 6.07) is 9.90. The minimum Gasteiger partial charge on any atom is -0.351 e. The third kappa shape index (κ3) is 6.18. The molecule has 25 heavy (non-hydrogen) atoms. The molecule has 0 saturated carbocycles. The highest BCUT2D eigenvalue weighted by molar-refractivity contribution is 7.56. The van der Waals surface area contributed by atoms with Gasteiger partial charge >= 0.3 is 7.60 Å². The highest BCUT2D eigenvalue weighted by Gasteiger charge is 2.48. The van der Waals surface area contributed by atoms with Crippen molar-refractivity contribution in [1.82, 2.24) is 0 Å². The van der Waals surface area contributed by atoms with E-state index in [1.54, 1.807) is 0 Å². The predicted molar refractivity (Wildman–Crippen MR) is 114 cm³/mol. The standard InChI is InChI=1S/C19H37O3PSi2/c1-18(2,3)24(7,8)21-23(20,16-17-14-12-11-13-15-17)22-25(9,10)19(4,5)6/h11-15H,16H2,1-10H3. The summed E-state index contributed by atoms with van der Waals surface area (Å²) in [5.74, 6) is 0. The van der Waals surface area contributed by atoms with Crippen LogP contribution in [0.2, 0.25) is 36.3 Å². The van der Waals surface area contributed by atoms with Crippen LogP contribution in [0.1, 0.15) is 47.1 Å². The first kappa shape index (κ1) is 22.8. The first-order chi connectivity index (χ1) is 11.0. The lowest BCUT2D eigenvalue weighted by Crippen LogP contribution is -2.44. The van der Waals surface area contributed by atoms with E-state index in [-0.39, 0.29) is 10.1 Å². The Morgan fingerprint density at radius 1 is 0.800 bits per heavy atom. The Balaban J connectivity index is 3.25. The molecule has 0 unspecified atom stereocenters. The predicted octanol–water partition coefficient (Wildman–Crippen LogP) is 7.42. The van der Waals surface area contributed by atoms with Crippen LogP contribution in [0.15, 0.2) is 30.3 Å². The lowest BCUT2D eigenvalue weighted by Gasteiger charge is -2.43. The van der Waals surface area contributed by atoms with E-state index < -0.39 is 24.2 Å². The topological polar surface area (TPSA) is 35.5 Å². The van der Waals surface area contributed by atoms with Crippen LogP contribution in [-0.2, 0) is 19.2 Å². The van der Waals surface area contributed by atoms with Crippen molar-refractivity contribution in [3.05, 3.63) is 35.9 Å². The molecule has 1 rings (SSSR count). The maximum atomic E-state index is 13.9. The number of hydrogen-bond acceptors (Lipinski definition) is 3. The molecule has 0 spiro atoms. The Morgan fingerprint density at radius 3 is 1.48 bits per heavy atom. The maximum absolute atomic E-state index is 13.9. The normalized spacial score (nSPS) is 14.6. The lowest BCUT2D eigenvalue weighted by molar-refractivity contribution is 0.355. The van der Waals surface area contributed by atoms with Gasteiger partial charge in [0.1, 0.15) is 0 Å². The van der Waals surface area contributed by atoms with E-state index in [4.69, 9.17) is 8.43 Å². The van der Waals surface area contributed by atoms with Crippen molar-refractivity contribution in [3.63, 3.8) is 0 Å². The molecule has 6 heteroatoms. The molecule has 0 aromatic heterocycles. The van der Waals surface area contributed by atoms with Crippen LogP contribution in [0, 0.1) is 0 Å². The molecular formula is C19H37O3PSi2. The molecule has 0 saturated heterocycles. The van der Waals surface area contributed by atoms with Gasteiger partial charge in [0.15, 0.2) is 0 Å². The first-order valence-electron chi connectivity index (χ1n) is 9.04. The van der Waals surface area contributed by atoms with Crippen molar-refractivity contribution in [2.24, 2.45) is 0 Å². The molecule has 1 aromatic rings. The molecule has 3 nitrogen and oxygen atoms in total. The van der Waals surface area contributed by atoms with Crippen LogP contribution in [0.4, 0.5) is 0 Å². The van der Waals surface area contributed by atoms with E-state index >= 15 is 0 Å². The average molecular weight is 401 g/mol. The van der Waals surface area contributed by atoms with E-state index in [0.29, 0.717) is 6.16 Å². The number of hydrogen-bond donors (Lipinski definition) is 0.